The third-order valence-electron chi connectivity index (χ3n) is 2.21. The number of fused-ring (bicyclic) bond motifs is 3. The molecule has 80 valence electrons. The van der Waals surface area contributed by atoms with Crippen LogP contribution in [0.25, 0.3) is 16.7 Å². The highest BCUT2D eigenvalue weighted by molar-refractivity contribution is 9.10. The minimum atomic E-state index is -0.443. The van der Waals surface area contributed by atoms with Crippen molar-refractivity contribution in [2.75, 3.05) is 0 Å². The zero-order chi connectivity index (χ0) is 11.3. The molecular weight excluding hydrogens is 298 g/mol. The maximum absolute atomic E-state index is 13.7. The molecule has 0 N–H and O–H groups in total. The van der Waals surface area contributed by atoms with Crippen LogP contribution in [0.4, 0.5) is 4.39 Å². The summed E-state index contributed by atoms with van der Waals surface area (Å²) in [6.07, 6.45) is 1.47. The third kappa shape index (κ3) is 1.30. The fraction of sp³-hybridized carbons (Fsp3) is 0. The van der Waals surface area contributed by atoms with E-state index >= 15 is 0 Å². The summed E-state index contributed by atoms with van der Waals surface area (Å²) in [5.74, 6) is -0.443. The summed E-state index contributed by atoms with van der Waals surface area (Å²) in [6, 6.07) is 3.07. The second-order valence-electron chi connectivity index (χ2n) is 3.18. The molecule has 0 saturated heterocycles. The average Bonchev–Trinajstić information content (AvgIpc) is 2.69. The van der Waals surface area contributed by atoms with E-state index in [0.29, 0.717) is 15.6 Å². The number of nitrogens with zero attached hydrogens (tertiary/aromatic N) is 4. The Bertz CT molecular complexity index is 711. The van der Waals surface area contributed by atoms with Crippen molar-refractivity contribution in [1.29, 1.82) is 0 Å². The van der Waals surface area contributed by atoms with Crippen LogP contribution in [0.3, 0.4) is 0 Å². The molecule has 0 aliphatic carbocycles. The van der Waals surface area contributed by atoms with E-state index in [1.807, 2.05) is 0 Å². The van der Waals surface area contributed by atoms with E-state index in [1.165, 1.54) is 12.4 Å². The van der Waals surface area contributed by atoms with Gasteiger partial charge < -0.3 is 0 Å². The van der Waals surface area contributed by atoms with E-state index in [2.05, 4.69) is 31.1 Å². The molecule has 0 unspecified atom stereocenters. The van der Waals surface area contributed by atoms with Crippen LogP contribution < -0.4 is 0 Å². The van der Waals surface area contributed by atoms with Crippen LogP contribution in [0.15, 0.2) is 22.9 Å². The Balaban J connectivity index is 2.64. The largest absolute Gasteiger partial charge is 0.277 e. The Hall–Kier alpha value is -1.27. The highest BCUT2D eigenvalue weighted by Gasteiger charge is 2.12. The van der Waals surface area contributed by atoms with Crippen molar-refractivity contribution < 1.29 is 4.39 Å². The van der Waals surface area contributed by atoms with Gasteiger partial charge in [0.05, 0.1) is 5.52 Å². The highest BCUT2D eigenvalue weighted by atomic mass is 79.9. The first-order valence-electron chi connectivity index (χ1n) is 4.31. The van der Waals surface area contributed by atoms with Crippen LogP contribution in [-0.2, 0) is 0 Å². The van der Waals surface area contributed by atoms with Gasteiger partial charge in [-0.15, -0.1) is 10.2 Å². The normalized spacial score (nSPS) is 11.4. The van der Waals surface area contributed by atoms with Crippen molar-refractivity contribution in [3.05, 3.63) is 33.9 Å². The second-order valence-corrected chi connectivity index (χ2v) is 4.46. The van der Waals surface area contributed by atoms with Gasteiger partial charge in [0, 0.05) is 4.47 Å². The van der Waals surface area contributed by atoms with Crippen LogP contribution in [0.5, 0.6) is 0 Å². The number of benzene rings is 1. The lowest BCUT2D eigenvalue weighted by Crippen LogP contribution is -1.94. The Labute approximate surface area is 102 Å². The molecule has 0 amide bonds. The molecule has 3 rings (SSSR count). The van der Waals surface area contributed by atoms with Crippen molar-refractivity contribution >= 4 is 44.2 Å². The van der Waals surface area contributed by atoms with E-state index in [0.717, 1.165) is 0 Å². The lowest BCUT2D eigenvalue weighted by molar-refractivity contribution is 0.635. The standard InChI is InChI=1S/C9H3BrClFN4/c10-4-1-5(12)7-6(2-4)16-3-13-15-9(16)8(11)14-7/h1-3H. The molecule has 16 heavy (non-hydrogen) atoms. The van der Waals surface area contributed by atoms with Crippen LogP contribution in [0.2, 0.25) is 5.15 Å². The molecule has 0 aliphatic rings. The van der Waals surface area contributed by atoms with Gasteiger partial charge in [-0.1, -0.05) is 27.5 Å². The van der Waals surface area contributed by atoms with Crippen LogP contribution in [0, 0.1) is 5.82 Å². The zero-order valence-electron chi connectivity index (χ0n) is 7.65. The van der Waals surface area contributed by atoms with Crippen molar-refractivity contribution in [1.82, 2.24) is 19.6 Å². The number of aromatic nitrogens is 4. The molecule has 0 aliphatic heterocycles. The predicted octanol–water partition coefficient (Wildman–Crippen LogP) is 2.83. The first-order chi connectivity index (χ1) is 7.66. The Morgan fingerprint density at radius 1 is 1.38 bits per heavy atom. The van der Waals surface area contributed by atoms with Gasteiger partial charge in [0.15, 0.2) is 16.6 Å². The molecule has 1 aromatic carbocycles. The van der Waals surface area contributed by atoms with Gasteiger partial charge in [-0.3, -0.25) is 4.40 Å². The summed E-state index contributed by atoms with van der Waals surface area (Å²) in [5.41, 5.74) is 1.17. The molecule has 0 spiro atoms. The van der Waals surface area contributed by atoms with Crippen LogP contribution in [-0.4, -0.2) is 19.6 Å². The smallest absolute Gasteiger partial charge is 0.198 e. The van der Waals surface area contributed by atoms with Crippen LogP contribution >= 0.6 is 27.5 Å². The lowest BCUT2D eigenvalue weighted by atomic mass is 10.3. The third-order valence-corrected chi connectivity index (χ3v) is 2.92. The molecular formula is C9H3BrClFN4. The predicted molar refractivity (Wildman–Crippen MR) is 61.0 cm³/mol. The summed E-state index contributed by atoms with van der Waals surface area (Å²) in [4.78, 5) is 3.96. The van der Waals surface area contributed by atoms with E-state index in [9.17, 15) is 4.39 Å². The summed E-state index contributed by atoms with van der Waals surface area (Å²) >= 11 is 9.10. The topological polar surface area (TPSA) is 43.1 Å². The van der Waals surface area contributed by atoms with E-state index in [4.69, 9.17) is 11.6 Å². The second kappa shape index (κ2) is 3.36. The molecule has 0 fully saturated rings. The van der Waals surface area contributed by atoms with Crippen LogP contribution in [0.1, 0.15) is 0 Å². The summed E-state index contributed by atoms with van der Waals surface area (Å²) in [7, 11) is 0. The minimum Gasteiger partial charge on any atom is -0.277 e. The molecule has 0 radical (unpaired) electrons. The first-order valence-corrected chi connectivity index (χ1v) is 5.48. The maximum atomic E-state index is 13.7. The summed E-state index contributed by atoms with van der Waals surface area (Å²) in [5, 5.41) is 7.66. The van der Waals surface area contributed by atoms with Gasteiger partial charge in [-0.05, 0) is 12.1 Å². The van der Waals surface area contributed by atoms with Gasteiger partial charge in [0.1, 0.15) is 11.8 Å². The summed E-state index contributed by atoms with van der Waals surface area (Å²) < 4.78 is 15.9. The van der Waals surface area contributed by atoms with E-state index in [-0.39, 0.29) is 10.7 Å². The number of hydrogen-bond donors (Lipinski definition) is 0. The maximum Gasteiger partial charge on any atom is 0.198 e. The van der Waals surface area contributed by atoms with Gasteiger partial charge >= 0.3 is 0 Å². The fourth-order valence-corrected chi connectivity index (χ4v) is 2.18. The monoisotopic (exact) mass is 300 g/mol. The van der Waals surface area contributed by atoms with Crippen molar-refractivity contribution in [2.45, 2.75) is 0 Å². The fourth-order valence-electron chi connectivity index (χ4n) is 1.55. The minimum absolute atomic E-state index is 0.131. The van der Waals surface area contributed by atoms with Gasteiger partial charge in [-0.25, -0.2) is 9.37 Å². The SMILES string of the molecule is Fc1cc(Br)cc2c1nc(Cl)c1nncn12. The number of rotatable bonds is 0. The quantitative estimate of drug-likeness (QED) is 0.641. The van der Waals surface area contributed by atoms with Crippen molar-refractivity contribution in [3.63, 3.8) is 0 Å². The van der Waals surface area contributed by atoms with Gasteiger partial charge in [-0.2, -0.15) is 0 Å². The number of hydrogen-bond acceptors (Lipinski definition) is 3. The van der Waals surface area contributed by atoms with Gasteiger partial charge in [0.2, 0.25) is 0 Å². The molecule has 0 atom stereocenters. The Kier molecular flexibility index (Phi) is 2.08. The Morgan fingerprint density at radius 3 is 3.00 bits per heavy atom. The van der Waals surface area contributed by atoms with Crippen molar-refractivity contribution in [3.8, 4) is 0 Å². The molecule has 2 aromatic heterocycles. The molecule has 4 nitrogen and oxygen atoms in total. The zero-order valence-corrected chi connectivity index (χ0v) is 10.00. The highest BCUT2D eigenvalue weighted by Crippen LogP contribution is 2.25. The summed E-state index contributed by atoms with van der Waals surface area (Å²) in [6.45, 7) is 0. The Morgan fingerprint density at radius 2 is 2.19 bits per heavy atom. The molecule has 0 saturated carbocycles. The average molecular weight is 302 g/mol. The van der Waals surface area contributed by atoms with E-state index in [1.54, 1.807) is 10.5 Å². The van der Waals surface area contributed by atoms with E-state index < -0.39 is 5.82 Å². The molecule has 2 heterocycles. The number of halogens is 3. The first kappa shape index (κ1) is 9.92. The van der Waals surface area contributed by atoms with Crippen molar-refractivity contribution in [2.24, 2.45) is 0 Å². The molecule has 7 heteroatoms. The lowest BCUT2D eigenvalue weighted by Gasteiger charge is -2.03. The molecule has 3 aromatic rings. The molecule has 0 bridgehead atoms. The van der Waals surface area contributed by atoms with Gasteiger partial charge in [0.25, 0.3) is 0 Å².